The van der Waals surface area contributed by atoms with Gasteiger partial charge < -0.3 is 19.3 Å². The average Bonchev–Trinajstić information content (AvgIpc) is 3.35. The molecule has 0 saturated carbocycles. The molecule has 3 aliphatic heterocycles. The number of piperidine rings is 1. The maximum absolute atomic E-state index is 14.7. The van der Waals surface area contributed by atoms with E-state index in [0.717, 1.165) is 43.6 Å². The van der Waals surface area contributed by atoms with Crippen LogP contribution in [0.4, 0.5) is 0 Å². The molecule has 0 bridgehead atoms. The quantitative estimate of drug-likeness (QED) is 0.511. The predicted molar refractivity (Wildman–Crippen MR) is 139 cm³/mol. The summed E-state index contributed by atoms with van der Waals surface area (Å²) in [4.78, 5) is 44.0. The Hall–Kier alpha value is -2.87. The summed E-state index contributed by atoms with van der Waals surface area (Å²) in [5.74, 6) is -3.69. The van der Waals surface area contributed by atoms with Crippen LogP contribution in [-0.2, 0) is 29.3 Å². The molecule has 1 spiro atoms. The van der Waals surface area contributed by atoms with Gasteiger partial charge in [-0.25, -0.2) is 9.59 Å². The topological polar surface area (TPSA) is 76.2 Å². The summed E-state index contributed by atoms with van der Waals surface area (Å²) in [5, 5.41) is 0.553. The molecule has 1 amide bonds. The third kappa shape index (κ3) is 4.65. The molecular formula is C28H28Cl2N2O5. The molecule has 0 aliphatic carbocycles. The predicted octanol–water partition coefficient (Wildman–Crippen LogP) is 4.67. The van der Waals surface area contributed by atoms with Crippen LogP contribution in [0.5, 0.6) is 0 Å². The molecule has 2 fully saturated rings. The average molecular weight is 543 g/mol. The Kier molecular flexibility index (Phi) is 7.05. The van der Waals surface area contributed by atoms with Crippen molar-refractivity contribution in [3.05, 3.63) is 81.9 Å². The fraction of sp³-hybridized carbons (Fsp3) is 0.393. The molecule has 194 valence electrons. The van der Waals surface area contributed by atoms with E-state index in [4.69, 9.17) is 32.7 Å². The van der Waals surface area contributed by atoms with Crippen LogP contribution in [0.15, 0.2) is 60.7 Å². The van der Waals surface area contributed by atoms with Crippen molar-refractivity contribution in [3.8, 4) is 0 Å². The summed E-state index contributed by atoms with van der Waals surface area (Å²) in [6, 6.07) is 14.5. The van der Waals surface area contributed by atoms with Gasteiger partial charge in [-0.2, -0.15) is 0 Å². The molecule has 3 heterocycles. The Balaban J connectivity index is 1.62. The lowest BCUT2D eigenvalue weighted by Crippen LogP contribution is -2.68. The first-order valence-electron chi connectivity index (χ1n) is 12.4. The maximum Gasteiger partial charge on any atom is 0.334 e. The minimum Gasteiger partial charge on any atom is -0.418 e. The van der Waals surface area contributed by atoms with Gasteiger partial charge in [-0.15, -0.1) is 0 Å². The molecule has 9 heteroatoms. The van der Waals surface area contributed by atoms with Crippen molar-refractivity contribution in [2.24, 2.45) is 0 Å². The number of likely N-dealkylation sites (tertiary alicyclic amines) is 2. The summed E-state index contributed by atoms with van der Waals surface area (Å²) in [5.41, 5.74) is -0.145. The molecule has 2 aromatic rings. The maximum atomic E-state index is 14.7. The van der Waals surface area contributed by atoms with Crippen molar-refractivity contribution in [1.82, 2.24) is 9.80 Å². The van der Waals surface area contributed by atoms with Gasteiger partial charge in [0.05, 0.1) is 16.1 Å². The molecule has 2 saturated heterocycles. The van der Waals surface area contributed by atoms with Crippen molar-refractivity contribution in [1.29, 1.82) is 0 Å². The monoisotopic (exact) mass is 542 g/mol. The van der Waals surface area contributed by atoms with Crippen molar-refractivity contribution in [3.63, 3.8) is 0 Å². The van der Waals surface area contributed by atoms with Crippen LogP contribution < -0.4 is 0 Å². The van der Waals surface area contributed by atoms with Crippen molar-refractivity contribution in [2.45, 2.75) is 43.4 Å². The number of benzene rings is 2. The van der Waals surface area contributed by atoms with Gasteiger partial charge in [0.15, 0.2) is 0 Å². The van der Waals surface area contributed by atoms with Crippen LogP contribution in [0.2, 0.25) is 10.0 Å². The lowest BCUT2D eigenvalue weighted by molar-refractivity contribution is -0.258. The SMILES string of the molecule is C[C@@]1(c2ccc(Cl)c(Cl)c2)C(=O)N([C@H](CN2CCCC2)c2ccccc2)CCC12OC(=O)C=CC(=O)O2. The molecule has 0 unspecified atom stereocenters. The second-order valence-electron chi connectivity index (χ2n) is 9.87. The zero-order chi connectivity index (χ0) is 26.2. The van der Waals surface area contributed by atoms with E-state index in [-0.39, 0.29) is 29.9 Å². The van der Waals surface area contributed by atoms with Gasteiger partial charge >= 0.3 is 11.9 Å². The Bertz CT molecular complexity index is 1220. The lowest BCUT2D eigenvalue weighted by Gasteiger charge is -2.52. The first-order chi connectivity index (χ1) is 17.7. The highest BCUT2D eigenvalue weighted by atomic mass is 35.5. The molecule has 7 nitrogen and oxygen atoms in total. The van der Waals surface area contributed by atoms with E-state index >= 15 is 0 Å². The van der Waals surface area contributed by atoms with Crippen LogP contribution in [0, 0.1) is 0 Å². The zero-order valence-electron chi connectivity index (χ0n) is 20.5. The Morgan fingerprint density at radius 3 is 2.16 bits per heavy atom. The molecule has 5 rings (SSSR count). The number of nitrogens with zero attached hydrogens (tertiary/aromatic N) is 2. The number of hydrogen-bond donors (Lipinski definition) is 0. The fourth-order valence-corrected chi connectivity index (χ4v) is 5.94. The van der Waals surface area contributed by atoms with E-state index in [1.54, 1.807) is 25.1 Å². The number of ether oxygens (including phenoxy) is 2. The Labute approximate surface area is 225 Å². The number of hydrogen-bond acceptors (Lipinski definition) is 6. The number of carbonyl (C=O) groups excluding carboxylic acids is 3. The van der Waals surface area contributed by atoms with Gasteiger partial charge in [0.25, 0.3) is 5.79 Å². The number of esters is 2. The van der Waals surface area contributed by atoms with Crippen molar-refractivity contribution in [2.75, 3.05) is 26.2 Å². The van der Waals surface area contributed by atoms with E-state index in [2.05, 4.69) is 4.90 Å². The van der Waals surface area contributed by atoms with E-state index in [1.165, 1.54) is 0 Å². The van der Waals surface area contributed by atoms with Gasteiger partial charge in [0.2, 0.25) is 5.91 Å². The first kappa shape index (κ1) is 25.8. The van der Waals surface area contributed by atoms with Crippen LogP contribution in [0.25, 0.3) is 0 Å². The van der Waals surface area contributed by atoms with Crippen LogP contribution >= 0.6 is 23.2 Å². The highest BCUT2D eigenvalue weighted by Crippen LogP contribution is 2.49. The molecular weight excluding hydrogens is 515 g/mol. The van der Waals surface area contributed by atoms with Gasteiger partial charge in [-0.05, 0) is 56.1 Å². The number of carbonyl (C=O) groups is 3. The highest BCUT2D eigenvalue weighted by molar-refractivity contribution is 6.42. The minimum atomic E-state index is -1.86. The van der Waals surface area contributed by atoms with Gasteiger partial charge in [0, 0.05) is 31.7 Å². The minimum absolute atomic E-state index is 0.0952. The number of amides is 1. The fourth-order valence-electron chi connectivity index (χ4n) is 5.64. The molecule has 0 radical (unpaired) electrons. The third-order valence-corrected chi connectivity index (χ3v) is 8.45. The summed E-state index contributed by atoms with van der Waals surface area (Å²) in [7, 11) is 0. The Morgan fingerprint density at radius 2 is 1.54 bits per heavy atom. The van der Waals surface area contributed by atoms with E-state index in [9.17, 15) is 14.4 Å². The smallest absolute Gasteiger partial charge is 0.334 e. The summed E-state index contributed by atoms with van der Waals surface area (Å²) < 4.78 is 11.6. The van der Waals surface area contributed by atoms with E-state index in [0.29, 0.717) is 17.1 Å². The molecule has 0 N–H and O–H groups in total. The van der Waals surface area contributed by atoms with E-state index in [1.807, 2.05) is 35.2 Å². The highest BCUT2D eigenvalue weighted by Gasteiger charge is 2.65. The standard InChI is InChI=1S/C28H28Cl2N2O5/c1-27(20-9-10-21(29)22(30)17-20)26(35)32(16-13-28(27)36-24(33)11-12-25(34)37-28)23(18-31-14-5-6-15-31)19-7-3-2-4-8-19/h2-4,7-12,17,23H,5-6,13-16,18H2,1H3/t23-,27-/m1/s1. The Morgan fingerprint density at radius 1 is 0.892 bits per heavy atom. The zero-order valence-corrected chi connectivity index (χ0v) is 22.0. The summed E-state index contributed by atoms with van der Waals surface area (Å²) >= 11 is 12.6. The summed E-state index contributed by atoms with van der Waals surface area (Å²) in [6.07, 6.45) is 4.38. The van der Waals surface area contributed by atoms with E-state index < -0.39 is 23.1 Å². The number of rotatable bonds is 5. The molecule has 3 aliphatic rings. The van der Waals surface area contributed by atoms with Crippen LogP contribution in [-0.4, -0.2) is 59.6 Å². The molecule has 37 heavy (non-hydrogen) atoms. The van der Waals surface area contributed by atoms with Gasteiger partial charge in [0.1, 0.15) is 5.41 Å². The summed E-state index contributed by atoms with van der Waals surface area (Å²) in [6.45, 7) is 4.48. The van der Waals surface area contributed by atoms with Crippen LogP contribution in [0.3, 0.4) is 0 Å². The largest absolute Gasteiger partial charge is 0.418 e. The molecule has 2 atom stereocenters. The second kappa shape index (κ2) is 10.1. The van der Waals surface area contributed by atoms with Gasteiger partial charge in [-0.1, -0.05) is 59.6 Å². The first-order valence-corrected chi connectivity index (χ1v) is 13.2. The third-order valence-electron chi connectivity index (χ3n) is 7.71. The lowest BCUT2D eigenvalue weighted by atomic mass is 9.69. The van der Waals surface area contributed by atoms with Crippen LogP contribution in [0.1, 0.15) is 43.4 Å². The normalized spacial score (nSPS) is 24.6. The number of halogens is 2. The molecule has 0 aromatic heterocycles. The van der Waals surface area contributed by atoms with Gasteiger partial charge in [-0.3, -0.25) is 4.79 Å². The van der Waals surface area contributed by atoms with Crippen molar-refractivity contribution < 1.29 is 23.9 Å². The second-order valence-corrected chi connectivity index (χ2v) is 10.7. The van der Waals surface area contributed by atoms with Crippen molar-refractivity contribution >= 4 is 41.0 Å². The molecule has 2 aromatic carbocycles.